The van der Waals surface area contributed by atoms with Crippen molar-refractivity contribution in [1.29, 1.82) is 0 Å². The molecule has 0 aliphatic heterocycles. The van der Waals surface area contributed by atoms with Gasteiger partial charge in [-0.3, -0.25) is 4.68 Å². The van der Waals surface area contributed by atoms with Crippen molar-refractivity contribution < 1.29 is 5.11 Å². The van der Waals surface area contributed by atoms with Crippen LogP contribution in [0.4, 0.5) is 0 Å². The van der Waals surface area contributed by atoms with Crippen molar-refractivity contribution in [3.8, 4) is 0 Å². The standard InChI is InChI=1S/C18H22ClN3O/c1-17(2)8-7-15(9-14-3-5-16(19)6-4-14)10-18(17,23)11-22-13-20-12-21-22/h3-6,9,12-13,23H,7-8,10-11H2,1-2H3/b15-9+/t18-/m1/s1. The summed E-state index contributed by atoms with van der Waals surface area (Å²) in [6, 6.07) is 7.79. The van der Waals surface area contributed by atoms with Gasteiger partial charge in [-0.1, -0.05) is 49.2 Å². The molecule has 4 nitrogen and oxygen atoms in total. The molecule has 1 N–H and O–H groups in total. The summed E-state index contributed by atoms with van der Waals surface area (Å²) in [5, 5.41) is 16.2. The molecule has 0 amide bonds. The van der Waals surface area contributed by atoms with Crippen LogP contribution in [-0.2, 0) is 6.54 Å². The molecule has 0 unspecified atom stereocenters. The lowest BCUT2D eigenvalue weighted by Gasteiger charge is -2.47. The number of halogens is 1. The fourth-order valence-electron chi connectivity index (χ4n) is 3.18. The van der Waals surface area contributed by atoms with Crippen LogP contribution in [0.15, 0.2) is 42.5 Å². The van der Waals surface area contributed by atoms with Crippen LogP contribution >= 0.6 is 11.6 Å². The molecule has 1 aromatic heterocycles. The second-order valence-electron chi connectivity index (χ2n) is 7.04. The average molecular weight is 332 g/mol. The highest BCUT2D eigenvalue weighted by Gasteiger charge is 2.47. The maximum absolute atomic E-state index is 11.3. The van der Waals surface area contributed by atoms with Gasteiger partial charge in [0.15, 0.2) is 0 Å². The minimum Gasteiger partial charge on any atom is -0.387 e. The number of nitrogens with zero attached hydrogens (tertiary/aromatic N) is 3. The Morgan fingerprint density at radius 1 is 1.30 bits per heavy atom. The molecule has 5 heteroatoms. The van der Waals surface area contributed by atoms with Gasteiger partial charge in [0.05, 0.1) is 12.1 Å². The Morgan fingerprint density at radius 2 is 2.04 bits per heavy atom. The number of rotatable bonds is 3. The van der Waals surface area contributed by atoms with E-state index in [1.807, 2.05) is 24.3 Å². The molecular weight excluding hydrogens is 310 g/mol. The van der Waals surface area contributed by atoms with E-state index in [1.165, 1.54) is 11.9 Å². The summed E-state index contributed by atoms with van der Waals surface area (Å²) in [5.74, 6) is 0. The van der Waals surface area contributed by atoms with Crippen molar-refractivity contribution in [3.63, 3.8) is 0 Å². The van der Waals surface area contributed by atoms with Crippen molar-refractivity contribution in [2.24, 2.45) is 5.41 Å². The molecule has 2 aromatic rings. The predicted octanol–water partition coefficient (Wildman–Crippen LogP) is 3.96. The van der Waals surface area contributed by atoms with E-state index in [0.717, 1.165) is 23.4 Å². The van der Waals surface area contributed by atoms with E-state index in [-0.39, 0.29) is 5.41 Å². The Kier molecular flexibility index (Phi) is 4.30. The molecule has 0 radical (unpaired) electrons. The zero-order valence-corrected chi connectivity index (χ0v) is 14.3. The third kappa shape index (κ3) is 3.48. The van der Waals surface area contributed by atoms with Gasteiger partial charge in [0.25, 0.3) is 0 Å². The Morgan fingerprint density at radius 3 is 2.70 bits per heavy atom. The van der Waals surface area contributed by atoms with Crippen LogP contribution in [-0.4, -0.2) is 25.5 Å². The Hall–Kier alpha value is -1.65. The number of benzene rings is 1. The quantitative estimate of drug-likeness (QED) is 0.926. The van der Waals surface area contributed by atoms with Gasteiger partial charge in [-0.05, 0) is 42.4 Å². The van der Waals surface area contributed by atoms with E-state index in [9.17, 15) is 5.11 Å². The van der Waals surface area contributed by atoms with Crippen molar-refractivity contribution in [2.75, 3.05) is 0 Å². The summed E-state index contributed by atoms with van der Waals surface area (Å²) in [6.45, 7) is 4.71. The van der Waals surface area contributed by atoms with Crippen LogP contribution in [0.2, 0.25) is 5.02 Å². The van der Waals surface area contributed by atoms with Gasteiger partial charge < -0.3 is 5.11 Å². The summed E-state index contributed by atoms with van der Waals surface area (Å²) in [4.78, 5) is 3.98. The molecule has 1 aliphatic rings. The zero-order valence-electron chi connectivity index (χ0n) is 13.5. The molecule has 1 saturated carbocycles. The lowest BCUT2D eigenvalue weighted by molar-refractivity contribution is -0.0963. The van der Waals surface area contributed by atoms with E-state index < -0.39 is 5.60 Å². The summed E-state index contributed by atoms with van der Waals surface area (Å²) < 4.78 is 1.72. The minimum absolute atomic E-state index is 0.170. The predicted molar refractivity (Wildman–Crippen MR) is 92.0 cm³/mol. The first-order valence-electron chi connectivity index (χ1n) is 7.88. The van der Waals surface area contributed by atoms with E-state index >= 15 is 0 Å². The number of aliphatic hydroxyl groups is 1. The van der Waals surface area contributed by atoms with Gasteiger partial charge in [0.1, 0.15) is 12.7 Å². The molecule has 1 atom stereocenters. The maximum Gasteiger partial charge on any atom is 0.137 e. The summed E-state index contributed by atoms with van der Waals surface area (Å²) in [5.41, 5.74) is 1.37. The average Bonchev–Trinajstić information content (AvgIpc) is 2.98. The van der Waals surface area contributed by atoms with Gasteiger partial charge >= 0.3 is 0 Å². The summed E-state index contributed by atoms with van der Waals surface area (Å²) >= 11 is 5.94. The SMILES string of the molecule is CC1(C)CC/C(=C\c2ccc(Cl)cc2)C[C@@]1(O)Cn1cncn1. The first kappa shape index (κ1) is 16.2. The first-order valence-corrected chi connectivity index (χ1v) is 8.26. The van der Waals surface area contributed by atoms with Crippen LogP contribution in [0, 0.1) is 5.41 Å². The molecule has 23 heavy (non-hydrogen) atoms. The minimum atomic E-state index is -0.836. The second-order valence-corrected chi connectivity index (χ2v) is 7.48. The summed E-state index contributed by atoms with van der Waals surface area (Å²) in [7, 11) is 0. The Labute approximate surface area is 141 Å². The molecule has 1 heterocycles. The van der Waals surface area contributed by atoms with Gasteiger partial charge in [0.2, 0.25) is 0 Å². The van der Waals surface area contributed by atoms with Crippen molar-refractivity contribution in [1.82, 2.24) is 14.8 Å². The molecule has 122 valence electrons. The molecular formula is C18H22ClN3O. The van der Waals surface area contributed by atoms with Crippen molar-refractivity contribution in [2.45, 2.75) is 45.3 Å². The second kappa shape index (κ2) is 6.10. The van der Waals surface area contributed by atoms with E-state index in [4.69, 9.17) is 11.6 Å². The van der Waals surface area contributed by atoms with Gasteiger partial charge in [-0.2, -0.15) is 5.10 Å². The fourth-order valence-corrected chi connectivity index (χ4v) is 3.31. The van der Waals surface area contributed by atoms with Crippen LogP contribution in [0.3, 0.4) is 0 Å². The largest absolute Gasteiger partial charge is 0.387 e. The molecule has 0 spiro atoms. The molecule has 0 saturated heterocycles. The molecule has 3 rings (SSSR count). The fraction of sp³-hybridized carbons (Fsp3) is 0.444. The van der Waals surface area contributed by atoms with Crippen molar-refractivity contribution in [3.05, 3.63) is 53.1 Å². The van der Waals surface area contributed by atoms with Crippen LogP contribution in [0.25, 0.3) is 6.08 Å². The Bertz CT molecular complexity index is 692. The van der Waals surface area contributed by atoms with E-state index in [2.05, 4.69) is 30.0 Å². The normalized spacial score (nSPS) is 25.7. The lowest BCUT2D eigenvalue weighted by atomic mass is 9.63. The van der Waals surface area contributed by atoms with Gasteiger partial charge in [-0.25, -0.2) is 4.98 Å². The maximum atomic E-state index is 11.3. The highest BCUT2D eigenvalue weighted by molar-refractivity contribution is 6.30. The zero-order chi connectivity index (χ0) is 16.5. The van der Waals surface area contributed by atoms with Crippen LogP contribution in [0.5, 0.6) is 0 Å². The number of aromatic nitrogens is 3. The molecule has 1 fully saturated rings. The smallest absolute Gasteiger partial charge is 0.137 e. The first-order chi connectivity index (χ1) is 10.9. The van der Waals surface area contributed by atoms with Crippen molar-refractivity contribution >= 4 is 17.7 Å². The highest BCUT2D eigenvalue weighted by atomic mass is 35.5. The molecule has 0 bridgehead atoms. The van der Waals surface area contributed by atoms with Crippen LogP contribution < -0.4 is 0 Å². The highest BCUT2D eigenvalue weighted by Crippen LogP contribution is 2.47. The number of hydrogen-bond donors (Lipinski definition) is 1. The topological polar surface area (TPSA) is 50.9 Å². The molecule has 1 aliphatic carbocycles. The number of hydrogen-bond acceptors (Lipinski definition) is 3. The van der Waals surface area contributed by atoms with Gasteiger partial charge in [-0.15, -0.1) is 0 Å². The van der Waals surface area contributed by atoms with E-state index in [1.54, 1.807) is 11.0 Å². The van der Waals surface area contributed by atoms with Gasteiger partial charge in [0, 0.05) is 5.02 Å². The third-order valence-electron chi connectivity index (χ3n) is 4.98. The third-order valence-corrected chi connectivity index (χ3v) is 5.23. The monoisotopic (exact) mass is 331 g/mol. The summed E-state index contributed by atoms with van der Waals surface area (Å²) in [6.07, 6.45) is 7.90. The van der Waals surface area contributed by atoms with E-state index in [0.29, 0.717) is 13.0 Å². The lowest BCUT2D eigenvalue weighted by Crippen LogP contribution is -2.50. The molecule has 1 aromatic carbocycles. The van der Waals surface area contributed by atoms with Crippen LogP contribution in [0.1, 0.15) is 38.7 Å². The Balaban J connectivity index is 1.84.